The number of esters is 2. The Morgan fingerprint density at radius 1 is 1.06 bits per heavy atom. The molecule has 36 heavy (non-hydrogen) atoms. The first kappa shape index (κ1) is 24.7. The maximum Gasteiger partial charge on any atom is 0.338 e. The van der Waals surface area contributed by atoms with Crippen LogP contribution in [-0.4, -0.2) is 29.6 Å². The molecule has 0 bridgehead atoms. The summed E-state index contributed by atoms with van der Waals surface area (Å²) < 4.78 is 17.5. The van der Waals surface area contributed by atoms with E-state index in [1.54, 1.807) is 25.1 Å². The molecule has 2 aromatic carbocycles. The lowest BCUT2D eigenvalue weighted by molar-refractivity contribution is -0.385. The monoisotopic (exact) mass is 490 g/mol. The molecular formula is C27H26N2O7. The highest BCUT2D eigenvalue weighted by atomic mass is 16.6. The van der Waals surface area contributed by atoms with Gasteiger partial charge in [0.15, 0.2) is 11.5 Å². The van der Waals surface area contributed by atoms with Crippen LogP contribution in [0.25, 0.3) is 6.08 Å². The Kier molecular flexibility index (Phi) is 5.75. The van der Waals surface area contributed by atoms with Gasteiger partial charge < -0.3 is 19.1 Å². The van der Waals surface area contributed by atoms with Crippen LogP contribution in [0, 0.1) is 10.1 Å². The molecular weight excluding hydrogens is 464 g/mol. The number of hydrogen-bond donors (Lipinski definition) is 0. The third-order valence-electron chi connectivity index (χ3n) is 6.53. The van der Waals surface area contributed by atoms with E-state index in [9.17, 15) is 19.7 Å². The molecule has 0 saturated heterocycles. The van der Waals surface area contributed by atoms with Gasteiger partial charge in [0.2, 0.25) is 5.72 Å². The highest BCUT2D eigenvalue weighted by Gasteiger charge is 2.58. The van der Waals surface area contributed by atoms with Crippen molar-refractivity contribution in [3.63, 3.8) is 0 Å². The minimum atomic E-state index is -1.08. The van der Waals surface area contributed by atoms with Crippen molar-refractivity contribution in [3.05, 3.63) is 82.0 Å². The molecule has 2 aliphatic rings. The van der Waals surface area contributed by atoms with E-state index >= 15 is 0 Å². The minimum Gasteiger partial charge on any atom is -0.459 e. The predicted octanol–water partition coefficient (Wildman–Crippen LogP) is 5.09. The van der Waals surface area contributed by atoms with Crippen LogP contribution >= 0.6 is 0 Å². The first-order chi connectivity index (χ1) is 16.8. The smallest absolute Gasteiger partial charge is 0.338 e. The number of carbonyl (C=O) groups is 2. The molecule has 0 aromatic heterocycles. The van der Waals surface area contributed by atoms with Crippen LogP contribution in [0.15, 0.2) is 60.7 Å². The Bertz CT molecular complexity index is 1390. The molecule has 0 aliphatic carbocycles. The van der Waals surface area contributed by atoms with Crippen LogP contribution in [0.4, 0.5) is 11.4 Å². The SMILES string of the molecule is C=C(C)C(=O)Oc1ccc2c(c1)C(C)(C)C1(C=Cc3cc([N+](=O)[O-])cc(OC(=O)C(=C)C)c3O1)N2C. The maximum atomic E-state index is 12.3. The number of nitro groups is 1. The summed E-state index contributed by atoms with van der Waals surface area (Å²) in [6.07, 6.45) is 3.54. The fraction of sp³-hybridized carbons (Fsp3) is 0.259. The quantitative estimate of drug-likeness (QED) is 0.188. The lowest BCUT2D eigenvalue weighted by Crippen LogP contribution is -2.58. The number of non-ortho nitro benzene ring substituents is 1. The molecule has 9 heteroatoms. The van der Waals surface area contributed by atoms with Crippen LogP contribution < -0.4 is 19.1 Å². The number of nitrogens with zero attached hydrogens (tertiary/aromatic N) is 2. The Hall–Kier alpha value is -4.40. The second-order valence-corrected chi connectivity index (χ2v) is 9.45. The van der Waals surface area contributed by atoms with Crippen molar-refractivity contribution in [3.8, 4) is 17.2 Å². The van der Waals surface area contributed by atoms with Gasteiger partial charge in [-0.2, -0.15) is 0 Å². The number of rotatable bonds is 5. The Morgan fingerprint density at radius 2 is 1.69 bits per heavy atom. The Balaban J connectivity index is 1.81. The van der Waals surface area contributed by atoms with E-state index in [0.717, 1.165) is 17.3 Å². The van der Waals surface area contributed by atoms with E-state index < -0.39 is 28.0 Å². The lowest BCUT2D eigenvalue weighted by Gasteiger charge is -2.45. The summed E-state index contributed by atoms with van der Waals surface area (Å²) in [5, 5.41) is 11.5. The topological polar surface area (TPSA) is 108 Å². The molecule has 0 saturated carbocycles. The van der Waals surface area contributed by atoms with Gasteiger partial charge in [-0.25, -0.2) is 9.59 Å². The number of likely N-dealkylation sites (N-methyl/N-ethyl adjacent to an activating group) is 1. The summed E-state index contributed by atoms with van der Waals surface area (Å²) in [6.45, 7) is 14.2. The number of benzene rings is 2. The van der Waals surface area contributed by atoms with Crippen molar-refractivity contribution in [1.29, 1.82) is 0 Å². The standard InChI is InChI=1S/C27H26N2O7/c1-15(2)24(30)34-19-8-9-21-20(14-19)26(5,6)27(28(21)7)11-10-17-12-18(29(32)33)13-22(23(17)36-27)35-25(31)16(3)4/h8-14H,1,3H2,2,4-7H3. The van der Waals surface area contributed by atoms with Gasteiger partial charge in [-0.15, -0.1) is 0 Å². The van der Waals surface area contributed by atoms with Gasteiger partial charge in [-0.05, 0) is 63.6 Å². The van der Waals surface area contributed by atoms with Gasteiger partial charge in [0.05, 0.1) is 16.4 Å². The zero-order valence-electron chi connectivity index (χ0n) is 20.7. The van der Waals surface area contributed by atoms with Gasteiger partial charge in [0, 0.05) is 35.5 Å². The van der Waals surface area contributed by atoms with Gasteiger partial charge in [0.25, 0.3) is 5.69 Å². The zero-order chi connectivity index (χ0) is 26.6. The van der Waals surface area contributed by atoms with Crippen molar-refractivity contribution in [2.45, 2.75) is 38.8 Å². The summed E-state index contributed by atoms with van der Waals surface area (Å²) >= 11 is 0. The molecule has 1 spiro atoms. The molecule has 0 amide bonds. The lowest BCUT2D eigenvalue weighted by atomic mass is 9.76. The normalized spacial score (nSPS) is 18.6. The molecule has 0 N–H and O–H groups in total. The maximum absolute atomic E-state index is 12.3. The van der Waals surface area contributed by atoms with E-state index in [1.807, 2.05) is 37.9 Å². The second kappa shape index (κ2) is 8.37. The number of fused-ring (bicyclic) bond motifs is 2. The molecule has 0 radical (unpaired) electrons. The molecule has 2 heterocycles. The summed E-state index contributed by atoms with van der Waals surface area (Å²) in [4.78, 5) is 37.2. The largest absolute Gasteiger partial charge is 0.459 e. The summed E-state index contributed by atoms with van der Waals surface area (Å²) in [5.74, 6) is -0.767. The van der Waals surface area contributed by atoms with Crippen LogP contribution in [-0.2, 0) is 15.0 Å². The Morgan fingerprint density at radius 3 is 2.31 bits per heavy atom. The van der Waals surface area contributed by atoms with Gasteiger partial charge in [-0.3, -0.25) is 10.1 Å². The summed E-state index contributed by atoms with van der Waals surface area (Å²) in [5.41, 5.74) is 0.486. The molecule has 1 atom stereocenters. The van der Waals surface area contributed by atoms with E-state index in [2.05, 4.69) is 13.2 Å². The van der Waals surface area contributed by atoms with Crippen LogP contribution in [0.5, 0.6) is 17.2 Å². The summed E-state index contributed by atoms with van der Waals surface area (Å²) in [6, 6.07) is 7.83. The molecule has 186 valence electrons. The average Bonchev–Trinajstić information content (AvgIpc) is 2.96. The first-order valence-corrected chi connectivity index (χ1v) is 11.1. The van der Waals surface area contributed by atoms with Crippen LogP contribution in [0.2, 0.25) is 0 Å². The van der Waals surface area contributed by atoms with Crippen molar-refractivity contribution in [1.82, 2.24) is 0 Å². The third-order valence-corrected chi connectivity index (χ3v) is 6.53. The number of nitro benzene ring substituents is 1. The van der Waals surface area contributed by atoms with Crippen molar-refractivity contribution < 1.29 is 28.7 Å². The second-order valence-electron chi connectivity index (χ2n) is 9.45. The van der Waals surface area contributed by atoms with E-state index in [1.165, 1.54) is 13.0 Å². The van der Waals surface area contributed by atoms with Crippen LogP contribution in [0.1, 0.15) is 38.8 Å². The molecule has 2 aliphatic heterocycles. The minimum absolute atomic E-state index is 0.0767. The van der Waals surface area contributed by atoms with Crippen molar-refractivity contribution >= 4 is 29.4 Å². The highest BCUT2D eigenvalue weighted by Crippen LogP contribution is 2.56. The van der Waals surface area contributed by atoms with E-state index in [4.69, 9.17) is 14.2 Å². The number of ether oxygens (including phenoxy) is 3. The van der Waals surface area contributed by atoms with Gasteiger partial charge in [0.1, 0.15) is 5.75 Å². The number of hydrogen-bond acceptors (Lipinski definition) is 8. The van der Waals surface area contributed by atoms with E-state index in [0.29, 0.717) is 11.3 Å². The van der Waals surface area contributed by atoms with Gasteiger partial charge >= 0.3 is 11.9 Å². The summed E-state index contributed by atoms with van der Waals surface area (Å²) in [7, 11) is 1.85. The molecule has 1 unspecified atom stereocenters. The zero-order valence-corrected chi connectivity index (χ0v) is 20.7. The molecule has 2 aromatic rings. The highest BCUT2D eigenvalue weighted by molar-refractivity contribution is 5.90. The fourth-order valence-corrected chi connectivity index (χ4v) is 4.48. The number of anilines is 1. The Labute approximate surface area is 208 Å². The van der Waals surface area contributed by atoms with Gasteiger partial charge in [-0.1, -0.05) is 13.2 Å². The van der Waals surface area contributed by atoms with E-state index in [-0.39, 0.29) is 28.3 Å². The molecule has 0 fully saturated rings. The predicted molar refractivity (Wildman–Crippen MR) is 134 cm³/mol. The van der Waals surface area contributed by atoms with Crippen molar-refractivity contribution in [2.24, 2.45) is 0 Å². The van der Waals surface area contributed by atoms with Crippen molar-refractivity contribution in [2.75, 3.05) is 11.9 Å². The van der Waals surface area contributed by atoms with Crippen LogP contribution in [0.3, 0.4) is 0 Å². The number of carbonyl (C=O) groups excluding carboxylic acids is 2. The third kappa shape index (κ3) is 3.73. The fourth-order valence-electron chi connectivity index (χ4n) is 4.48. The molecule has 9 nitrogen and oxygen atoms in total. The first-order valence-electron chi connectivity index (χ1n) is 11.1. The molecule has 4 rings (SSSR count). The average molecular weight is 491 g/mol.